The van der Waals surface area contributed by atoms with Gasteiger partial charge < -0.3 is 14.2 Å². The maximum absolute atomic E-state index is 13.0. The Bertz CT molecular complexity index is 1070. The molecule has 11 heteroatoms. The van der Waals surface area contributed by atoms with Crippen molar-refractivity contribution in [1.82, 2.24) is 20.2 Å². The molecule has 30 heavy (non-hydrogen) atoms. The molecule has 4 heterocycles. The van der Waals surface area contributed by atoms with Gasteiger partial charge in [-0.25, -0.2) is 4.98 Å². The van der Waals surface area contributed by atoms with Crippen LogP contribution in [0.5, 0.6) is 10.9 Å². The number of aryl methyl sites for hydroxylation is 1. The van der Waals surface area contributed by atoms with E-state index in [1.165, 1.54) is 19.5 Å². The summed E-state index contributed by atoms with van der Waals surface area (Å²) in [4.78, 5) is 21.3. The molecule has 1 N–H and O–H groups in total. The lowest BCUT2D eigenvalue weighted by Crippen LogP contribution is -2.15. The molecule has 9 nitrogen and oxygen atoms in total. The largest absolute Gasteiger partial charge is 0.494 e. The first-order valence-corrected chi connectivity index (χ1v) is 10.3. The van der Waals surface area contributed by atoms with E-state index >= 15 is 0 Å². The van der Waals surface area contributed by atoms with Crippen molar-refractivity contribution < 1.29 is 19.0 Å². The quantitative estimate of drug-likeness (QED) is 0.573. The highest BCUT2D eigenvalue weighted by molar-refractivity contribution is 7.17. The molecule has 4 rings (SSSR count). The maximum Gasteiger partial charge on any atom is 0.296 e. The summed E-state index contributed by atoms with van der Waals surface area (Å²) in [6.45, 7) is 3.02. The Kier molecular flexibility index (Phi) is 6.07. The molecule has 156 valence electrons. The highest BCUT2D eigenvalue weighted by atomic mass is 35.5. The molecule has 1 atom stereocenters. The van der Waals surface area contributed by atoms with E-state index in [1.54, 1.807) is 12.1 Å². The average Bonchev–Trinajstić information content (AvgIpc) is 3.40. The lowest BCUT2D eigenvalue weighted by Gasteiger charge is -2.13. The minimum Gasteiger partial charge on any atom is -0.494 e. The number of amides is 1. The van der Waals surface area contributed by atoms with Gasteiger partial charge in [0.05, 0.1) is 32.1 Å². The zero-order chi connectivity index (χ0) is 21.1. The predicted molar refractivity (Wildman–Crippen MR) is 111 cm³/mol. The van der Waals surface area contributed by atoms with Crippen molar-refractivity contribution in [2.75, 3.05) is 25.6 Å². The Hall–Kier alpha value is -2.82. The van der Waals surface area contributed by atoms with Crippen LogP contribution in [0.2, 0.25) is 5.15 Å². The molecule has 0 bridgehead atoms. The molecular weight excluding hydrogens is 430 g/mol. The number of hydrogen-bond donors (Lipinski definition) is 1. The van der Waals surface area contributed by atoms with Crippen LogP contribution in [0.4, 0.5) is 5.13 Å². The molecule has 0 aromatic carbocycles. The number of hydrogen-bond acceptors (Lipinski definition) is 9. The number of pyridine rings is 2. The van der Waals surface area contributed by atoms with Crippen LogP contribution in [0.3, 0.4) is 0 Å². The molecule has 0 spiro atoms. The van der Waals surface area contributed by atoms with Crippen molar-refractivity contribution in [2.45, 2.75) is 19.4 Å². The van der Waals surface area contributed by atoms with Gasteiger partial charge in [0, 0.05) is 29.4 Å². The van der Waals surface area contributed by atoms with Gasteiger partial charge in [0.2, 0.25) is 5.13 Å². The first-order valence-electron chi connectivity index (χ1n) is 9.09. The molecule has 1 aliphatic rings. The Morgan fingerprint density at radius 2 is 2.13 bits per heavy atom. The minimum absolute atomic E-state index is 0.0432. The molecule has 1 aliphatic heterocycles. The number of aromatic nitrogens is 4. The molecule has 1 amide bonds. The topological polar surface area (TPSA) is 108 Å². The molecule has 1 fully saturated rings. The number of nitrogens with one attached hydrogen (secondary N) is 1. The van der Waals surface area contributed by atoms with E-state index in [0.717, 1.165) is 23.5 Å². The van der Waals surface area contributed by atoms with Gasteiger partial charge in [-0.3, -0.25) is 15.1 Å². The smallest absolute Gasteiger partial charge is 0.296 e. The second-order valence-corrected chi connectivity index (χ2v) is 7.84. The lowest BCUT2D eigenvalue weighted by atomic mass is 10.0. The summed E-state index contributed by atoms with van der Waals surface area (Å²) in [5, 5.41) is 11.7. The number of rotatable bonds is 6. The Morgan fingerprint density at radius 1 is 1.27 bits per heavy atom. The van der Waals surface area contributed by atoms with Gasteiger partial charge in [-0.05, 0) is 30.4 Å². The second kappa shape index (κ2) is 8.90. The Morgan fingerprint density at radius 3 is 2.90 bits per heavy atom. The zero-order valence-electron chi connectivity index (χ0n) is 16.2. The van der Waals surface area contributed by atoms with Crippen LogP contribution in [0.1, 0.15) is 22.5 Å². The van der Waals surface area contributed by atoms with Gasteiger partial charge in [-0.2, -0.15) is 0 Å². The van der Waals surface area contributed by atoms with E-state index in [1.807, 2.05) is 6.92 Å². The SMILES string of the molecule is COc1cnc(Cl)cc1-c1cc(C)ncc1C(=O)Nc1nnc(O[C@H]2CCOC2)s1. The Labute approximate surface area is 181 Å². The van der Waals surface area contributed by atoms with Gasteiger partial charge >= 0.3 is 0 Å². The summed E-state index contributed by atoms with van der Waals surface area (Å²) < 4.78 is 16.4. The van der Waals surface area contributed by atoms with Gasteiger partial charge in [0.25, 0.3) is 11.1 Å². The van der Waals surface area contributed by atoms with Gasteiger partial charge in [-0.1, -0.05) is 16.7 Å². The summed E-state index contributed by atoms with van der Waals surface area (Å²) in [7, 11) is 1.53. The molecule has 0 radical (unpaired) electrons. The van der Waals surface area contributed by atoms with E-state index < -0.39 is 0 Å². The summed E-state index contributed by atoms with van der Waals surface area (Å²) in [5.41, 5.74) is 2.32. The molecular formula is C19H18ClN5O4S. The maximum atomic E-state index is 13.0. The van der Waals surface area contributed by atoms with E-state index in [2.05, 4.69) is 25.5 Å². The normalized spacial score (nSPS) is 15.8. The van der Waals surface area contributed by atoms with Crippen LogP contribution in [0, 0.1) is 6.92 Å². The summed E-state index contributed by atoms with van der Waals surface area (Å²) in [6, 6.07) is 3.43. The van der Waals surface area contributed by atoms with Crippen molar-refractivity contribution in [3.8, 4) is 22.1 Å². The summed E-state index contributed by atoms with van der Waals surface area (Å²) >= 11 is 7.22. The molecule has 3 aromatic heterocycles. The number of nitrogens with zero attached hydrogens (tertiary/aromatic N) is 4. The van der Waals surface area contributed by atoms with E-state index in [4.69, 9.17) is 25.8 Å². The van der Waals surface area contributed by atoms with E-state index in [9.17, 15) is 4.79 Å². The second-order valence-electron chi connectivity index (χ2n) is 6.51. The highest BCUT2D eigenvalue weighted by Gasteiger charge is 2.21. The molecule has 0 unspecified atom stereocenters. The molecule has 3 aromatic rings. The van der Waals surface area contributed by atoms with Gasteiger partial charge in [-0.15, -0.1) is 5.10 Å². The van der Waals surface area contributed by atoms with Gasteiger partial charge in [0.15, 0.2) is 0 Å². The third-order valence-corrected chi connectivity index (χ3v) is 5.35. The first kappa shape index (κ1) is 20.5. The van der Waals surface area contributed by atoms with Crippen LogP contribution in [-0.2, 0) is 4.74 Å². The van der Waals surface area contributed by atoms with Crippen molar-refractivity contribution in [3.05, 3.63) is 40.9 Å². The average molecular weight is 448 g/mol. The van der Waals surface area contributed by atoms with E-state index in [-0.39, 0.29) is 17.2 Å². The first-order chi connectivity index (χ1) is 14.5. The Balaban J connectivity index is 1.59. The van der Waals surface area contributed by atoms with Crippen LogP contribution in [0.25, 0.3) is 11.1 Å². The predicted octanol–water partition coefficient (Wildman–Crippen LogP) is 3.39. The van der Waals surface area contributed by atoms with Crippen molar-refractivity contribution in [2.24, 2.45) is 0 Å². The monoisotopic (exact) mass is 447 g/mol. The molecule has 0 saturated carbocycles. The third-order valence-electron chi connectivity index (χ3n) is 4.41. The van der Waals surface area contributed by atoms with Crippen molar-refractivity contribution in [1.29, 1.82) is 0 Å². The summed E-state index contributed by atoms with van der Waals surface area (Å²) in [5.74, 6) is 0.101. The molecule has 0 aliphatic carbocycles. The van der Waals surface area contributed by atoms with Crippen molar-refractivity contribution in [3.63, 3.8) is 0 Å². The number of carbonyl (C=O) groups is 1. The minimum atomic E-state index is -0.389. The zero-order valence-corrected chi connectivity index (χ0v) is 17.8. The molecule has 1 saturated heterocycles. The van der Waals surface area contributed by atoms with Crippen molar-refractivity contribution >= 4 is 34.0 Å². The number of methoxy groups -OCH3 is 1. The van der Waals surface area contributed by atoms with Crippen LogP contribution < -0.4 is 14.8 Å². The fraction of sp³-hybridized carbons (Fsp3) is 0.316. The van der Waals surface area contributed by atoms with Crippen LogP contribution in [0.15, 0.2) is 24.5 Å². The summed E-state index contributed by atoms with van der Waals surface area (Å²) in [6.07, 6.45) is 3.77. The van der Waals surface area contributed by atoms with Gasteiger partial charge in [0.1, 0.15) is 17.0 Å². The van der Waals surface area contributed by atoms with E-state index in [0.29, 0.717) is 46.0 Å². The number of anilines is 1. The van der Waals surface area contributed by atoms with Crippen LogP contribution in [-0.4, -0.2) is 52.5 Å². The number of ether oxygens (including phenoxy) is 3. The lowest BCUT2D eigenvalue weighted by molar-refractivity contribution is 0.102. The standard InChI is InChI=1S/C19H18ClN5O4S/c1-10-5-12(13-6-16(20)22-8-15(13)27-2)14(7-21-10)17(26)23-18-24-25-19(30-18)29-11-3-4-28-9-11/h5-8,11H,3-4,9H2,1-2H3,(H,23,24,26)/t11-/m0/s1. The van der Waals surface area contributed by atoms with Crippen LogP contribution >= 0.6 is 22.9 Å². The highest BCUT2D eigenvalue weighted by Crippen LogP contribution is 2.34. The number of carbonyl (C=O) groups excluding carboxylic acids is 1. The third kappa shape index (κ3) is 4.50. The fourth-order valence-corrected chi connectivity index (χ4v) is 3.79. The fourth-order valence-electron chi connectivity index (χ4n) is 2.97. The number of halogens is 1.